The van der Waals surface area contributed by atoms with Crippen LogP contribution in [0.5, 0.6) is 0 Å². The number of carbonyl (C=O) groups is 1. The van der Waals surface area contributed by atoms with E-state index in [1.54, 1.807) is 0 Å². The highest BCUT2D eigenvalue weighted by atomic mass is 16.4. The third-order valence-corrected chi connectivity index (χ3v) is 4.05. The van der Waals surface area contributed by atoms with Crippen LogP contribution in [0.2, 0.25) is 0 Å². The molecule has 0 spiro atoms. The number of nitrogens with zero attached hydrogens (tertiary/aromatic N) is 3. The third kappa shape index (κ3) is 2.64. The first-order valence-electron chi connectivity index (χ1n) is 7.16. The summed E-state index contributed by atoms with van der Waals surface area (Å²) >= 11 is 0. The summed E-state index contributed by atoms with van der Waals surface area (Å²) in [5.41, 5.74) is 0. The predicted molar refractivity (Wildman–Crippen MR) is 75.9 cm³/mol. The Hall–Kier alpha value is -1.98. The van der Waals surface area contributed by atoms with Crippen molar-refractivity contribution in [1.82, 2.24) is 15.1 Å². The average molecular weight is 276 g/mol. The number of carboxylic acid groups (broad SMARTS) is 1. The molecule has 1 aliphatic heterocycles. The molecule has 0 saturated heterocycles. The van der Waals surface area contributed by atoms with Crippen LogP contribution >= 0.6 is 0 Å². The molecule has 0 radical (unpaired) electrons. The van der Waals surface area contributed by atoms with Gasteiger partial charge in [0, 0.05) is 37.7 Å². The first-order valence-corrected chi connectivity index (χ1v) is 7.16. The quantitative estimate of drug-likeness (QED) is 0.824. The molecule has 1 aliphatic carbocycles. The molecule has 108 valence electrons. The highest BCUT2D eigenvalue weighted by Crippen LogP contribution is 2.28. The number of hydrogen-bond donors (Lipinski definition) is 2. The van der Waals surface area contributed by atoms with Crippen LogP contribution in [0.3, 0.4) is 0 Å². The molecule has 3 rings (SSSR count). The Kier molecular flexibility index (Phi) is 3.62. The Morgan fingerprint density at radius 2 is 2.40 bits per heavy atom. The second kappa shape index (κ2) is 5.56. The molecule has 20 heavy (non-hydrogen) atoms. The highest BCUT2D eigenvalue weighted by molar-refractivity contribution is 5.64. The predicted octanol–water partition coefficient (Wildman–Crippen LogP) is 1.70. The molecule has 2 atom stereocenters. The maximum atomic E-state index is 10.7. The van der Waals surface area contributed by atoms with Gasteiger partial charge in [-0.05, 0) is 19.3 Å². The topological polar surface area (TPSA) is 70.4 Å². The molecule has 6 nitrogen and oxygen atoms in total. The third-order valence-electron chi connectivity index (χ3n) is 4.05. The summed E-state index contributed by atoms with van der Waals surface area (Å²) in [7, 11) is 0. The standard InChI is InChI=1S/C14H20N4O2/c19-14(20)15-8-11-9-17(12-4-2-1-3-5-12)13-6-7-16-18(13)10-11/h2,4,6-7,11-12,15H,1,3,5,8-10H2,(H,19,20). The van der Waals surface area contributed by atoms with Gasteiger partial charge in [-0.15, -0.1) is 0 Å². The molecule has 0 saturated carbocycles. The highest BCUT2D eigenvalue weighted by Gasteiger charge is 2.29. The summed E-state index contributed by atoms with van der Waals surface area (Å²) in [4.78, 5) is 13.0. The van der Waals surface area contributed by atoms with E-state index in [2.05, 4.69) is 27.5 Å². The molecular formula is C14H20N4O2. The summed E-state index contributed by atoms with van der Waals surface area (Å²) in [6.07, 6.45) is 8.91. The fraction of sp³-hybridized carbons (Fsp3) is 0.571. The fourth-order valence-corrected chi connectivity index (χ4v) is 3.10. The van der Waals surface area contributed by atoms with Crippen molar-refractivity contribution in [3.8, 4) is 0 Å². The van der Waals surface area contributed by atoms with Crippen LogP contribution in [-0.4, -0.2) is 40.1 Å². The van der Waals surface area contributed by atoms with Gasteiger partial charge < -0.3 is 15.3 Å². The molecule has 6 heteroatoms. The van der Waals surface area contributed by atoms with Crippen molar-refractivity contribution in [2.75, 3.05) is 18.0 Å². The van der Waals surface area contributed by atoms with E-state index in [9.17, 15) is 4.79 Å². The number of fused-ring (bicyclic) bond motifs is 1. The summed E-state index contributed by atoms with van der Waals surface area (Å²) in [5, 5.41) is 15.6. The van der Waals surface area contributed by atoms with E-state index in [1.165, 1.54) is 6.42 Å². The lowest BCUT2D eigenvalue weighted by atomic mass is 9.98. The Morgan fingerprint density at radius 3 is 3.15 bits per heavy atom. The van der Waals surface area contributed by atoms with Gasteiger partial charge in [-0.2, -0.15) is 5.10 Å². The van der Waals surface area contributed by atoms with Crippen molar-refractivity contribution in [3.05, 3.63) is 24.4 Å². The van der Waals surface area contributed by atoms with Crippen LogP contribution in [0, 0.1) is 5.92 Å². The number of anilines is 1. The Balaban J connectivity index is 1.76. The van der Waals surface area contributed by atoms with Gasteiger partial charge in [0.25, 0.3) is 0 Å². The van der Waals surface area contributed by atoms with Crippen molar-refractivity contribution in [2.24, 2.45) is 5.92 Å². The van der Waals surface area contributed by atoms with E-state index in [4.69, 9.17) is 5.11 Å². The fourth-order valence-electron chi connectivity index (χ4n) is 3.10. The largest absolute Gasteiger partial charge is 0.465 e. The number of amides is 1. The van der Waals surface area contributed by atoms with Gasteiger partial charge in [0.05, 0.1) is 6.20 Å². The van der Waals surface area contributed by atoms with E-state index in [-0.39, 0.29) is 5.92 Å². The summed E-state index contributed by atoms with van der Waals surface area (Å²) in [5.74, 6) is 1.40. The van der Waals surface area contributed by atoms with E-state index in [1.807, 2.05) is 16.9 Å². The molecule has 1 amide bonds. The van der Waals surface area contributed by atoms with Crippen LogP contribution in [0.4, 0.5) is 10.6 Å². The number of hydrogen-bond acceptors (Lipinski definition) is 3. The van der Waals surface area contributed by atoms with Crippen molar-refractivity contribution in [1.29, 1.82) is 0 Å². The van der Waals surface area contributed by atoms with Crippen LogP contribution in [0.25, 0.3) is 0 Å². The summed E-state index contributed by atoms with van der Waals surface area (Å²) in [6, 6.07) is 2.45. The molecule has 1 aromatic rings. The van der Waals surface area contributed by atoms with Gasteiger partial charge in [0.15, 0.2) is 0 Å². The lowest BCUT2D eigenvalue weighted by Gasteiger charge is -2.39. The molecule has 2 aliphatic rings. The van der Waals surface area contributed by atoms with E-state index >= 15 is 0 Å². The molecule has 2 unspecified atom stereocenters. The number of allylic oxidation sites excluding steroid dienone is 1. The minimum absolute atomic E-state index is 0.258. The molecule has 0 aromatic carbocycles. The lowest BCUT2D eigenvalue weighted by Crippen LogP contribution is -2.47. The first kappa shape index (κ1) is 13.0. The van der Waals surface area contributed by atoms with E-state index < -0.39 is 6.09 Å². The van der Waals surface area contributed by atoms with Crippen LogP contribution in [0.15, 0.2) is 24.4 Å². The van der Waals surface area contributed by atoms with Crippen molar-refractivity contribution in [3.63, 3.8) is 0 Å². The Morgan fingerprint density at radius 1 is 1.50 bits per heavy atom. The van der Waals surface area contributed by atoms with Crippen LogP contribution < -0.4 is 10.2 Å². The van der Waals surface area contributed by atoms with Crippen LogP contribution in [0.1, 0.15) is 19.3 Å². The molecule has 0 bridgehead atoms. The normalized spacial score (nSPS) is 25.3. The van der Waals surface area contributed by atoms with Gasteiger partial charge in [0.1, 0.15) is 5.82 Å². The van der Waals surface area contributed by atoms with Gasteiger partial charge in [-0.3, -0.25) is 0 Å². The van der Waals surface area contributed by atoms with Crippen molar-refractivity contribution in [2.45, 2.75) is 31.8 Å². The summed E-state index contributed by atoms with van der Waals surface area (Å²) in [6.45, 7) is 2.12. The maximum Gasteiger partial charge on any atom is 0.404 e. The second-order valence-corrected chi connectivity index (χ2v) is 5.50. The van der Waals surface area contributed by atoms with Gasteiger partial charge in [0.2, 0.25) is 0 Å². The Bertz CT molecular complexity index is 511. The van der Waals surface area contributed by atoms with Crippen LogP contribution in [-0.2, 0) is 6.54 Å². The molecular weight excluding hydrogens is 256 g/mol. The smallest absolute Gasteiger partial charge is 0.404 e. The molecule has 0 fully saturated rings. The first-order chi connectivity index (χ1) is 9.74. The van der Waals surface area contributed by atoms with Crippen molar-refractivity contribution >= 4 is 11.9 Å². The van der Waals surface area contributed by atoms with Gasteiger partial charge >= 0.3 is 6.09 Å². The zero-order valence-corrected chi connectivity index (χ0v) is 11.4. The van der Waals surface area contributed by atoms with E-state index in [0.29, 0.717) is 12.6 Å². The SMILES string of the molecule is O=C(O)NCC1CN(C2C=CCCC2)c2ccnn2C1. The number of aromatic nitrogens is 2. The minimum Gasteiger partial charge on any atom is -0.465 e. The molecule has 1 aromatic heterocycles. The number of nitrogens with one attached hydrogen (secondary N) is 1. The minimum atomic E-state index is -0.958. The Labute approximate surface area is 118 Å². The summed E-state index contributed by atoms with van der Waals surface area (Å²) < 4.78 is 1.99. The zero-order valence-electron chi connectivity index (χ0n) is 11.4. The number of rotatable bonds is 3. The van der Waals surface area contributed by atoms with E-state index in [0.717, 1.165) is 31.7 Å². The molecule has 2 N–H and O–H groups in total. The van der Waals surface area contributed by atoms with Gasteiger partial charge in [-0.1, -0.05) is 12.2 Å². The second-order valence-electron chi connectivity index (χ2n) is 5.50. The maximum absolute atomic E-state index is 10.7. The zero-order chi connectivity index (χ0) is 13.9. The lowest BCUT2D eigenvalue weighted by molar-refractivity contribution is 0.191. The van der Waals surface area contributed by atoms with Crippen molar-refractivity contribution < 1.29 is 9.90 Å². The monoisotopic (exact) mass is 276 g/mol. The molecule has 2 heterocycles. The van der Waals surface area contributed by atoms with Gasteiger partial charge in [-0.25, -0.2) is 9.48 Å². The average Bonchev–Trinajstić information content (AvgIpc) is 2.93.